The first kappa shape index (κ1) is 75.1. The van der Waals surface area contributed by atoms with E-state index in [4.69, 9.17) is 20.0 Å². The normalized spacial score (nSPS) is 14.3. The summed E-state index contributed by atoms with van der Waals surface area (Å²) in [5.74, 6) is 0.570. The molecule has 0 aromatic heterocycles. The standard InChI is InChI=1S/C37H28NP.C25H19NO.C20H17N.C19H15NO.3CH4/c1-4-15-28(16-5-1)34-26-29-17-11-13-23-33(29)37(38-34)36-32-22-12-10-14-27(32)24-25-35(36)39(30-18-6-2-7-19-30)31-20-8-3-9-21-31;27-23-15-14-17-8-4-6-12-20(17)24(23)25-21-13-7-5-11-19(21)16-22(26-25)18-9-2-1-3-10-18;1-14-10-11-15-6-2-4-8-17(15)19(14)20-18-9-5-3-7-16(18)12-13-21-20;21-17-10-9-13-5-1-3-7-15(13)18(17)19-16-8-4-2-6-14(16)11-12-20-19;;;/h1-25,34H,26H2;1-15,22,27H,16H2;2-11H,12-13H2,1H3;1-10,21H,11-12H2;3*1H4. The number of fused-ring (bicyclic) bond motifs is 8. The molecule has 0 saturated heterocycles. The van der Waals surface area contributed by atoms with Gasteiger partial charge in [0, 0.05) is 57.6 Å². The van der Waals surface area contributed by atoms with Gasteiger partial charge in [-0.15, -0.1) is 0 Å². The first-order valence-corrected chi connectivity index (χ1v) is 38.7. The van der Waals surface area contributed by atoms with Crippen molar-refractivity contribution in [1.82, 2.24) is 0 Å². The number of nitrogens with zero attached hydrogens (tertiary/aromatic N) is 4. The van der Waals surface area contributed by atoms with Crippen molar-refractivity contribution in [3.8, 4) is 11.5 Å². The first-order valence-electron chi connectivity index (χ1n) is 37.4. The van der Waals surface area contributed by atoms with Gasteiger partial charge in [-0.05, 0) is 151 Å². The van der Waals surface area contributed by atoms with Crippen LogP contribution in [0, 0.1) is 6.92 Å². The molecule has 7 heteroatoms. The maximum atomic E-state index is 10.8. The van der Waals surface area contributed by atoms with E-state index in [-0.39, 0.29) is 40.1 Å². The number of hydrogen-bond donors (Lipinski definition) is 2. The van der Waals surface area contributed by atoms with Gasteiger partial charge >= 0.3 is 0 Å². The molecule has 0 spiro atoms. The predicted octanol–water partition coefficient (Wildman–Crippen LogP) is 23.8. The van der Waals surface area contributed by atoms with E-state index < -0.39 is 7.92 Å². The van der Waals surface area contributed by atoms with Crippen LogP contribution in [0.25, 0.3) is 43.1 Å². The van der Waals surface area contributed by atoms with Crippen molar-refractivity contribution in [2.24, 2.45) is 20.0 Å². The molecule has 0 aliphatic carbocycles. The molecule has 0 bridgehead atoms. The average Bonchev–Trinajstić information content (AvgIpc) is 0.752. The van der Waals surface area contributed by atoms with Crippen molar-refractivity contribution < 1.29 is 10.2 Å². The topological polar surface area (TPSA) is 89.9 Å². The lowest BCUT2D eigenvalue weighted by Crippen LogP contribution is -2.28. The highest BCUT2D eigenvalue weighted by Crippen LogP contribution is 2.42. The number of aliphatic imine (C=N–C) groups is 4. The highest BCUT2D eigenvalue weighted by atomic mass is 31.1. The van der Waals surface area contributed by atoms with Crippen LogP contribution in [0.15, 0.2) is 384 Å². The van der Waals surface area contributed by atoms with Crippen LogP contribution in [0.2, 0.25) is 0 Å². The summed E-state index contributed by atoms with van der Waals surface area (Å²) in [5, 5.41) is 34.6. The van der Waals surface area contributed by atoms with Crippen LogP contribution < -0.4 is 15.9 Å². The number of aryl methyl sites for hydroxylation is 1. The van der Waals surface area contributed by atoms with Gasteiger partial charge in [0.25, 0.3) is 0 Å². The second kappa shape index (κ2) is 34.2. The number of phenolic OH excluding ortho intramolecular Hbond substituents is 2. The third-order valence-electron chi connectivity index (χ3n) is 21.2. The molecular formula is C104H91N4O2P. The molecule has 16 aromatic carbocycles. The molecule has 2 N–H and O–H groups in total. The maximum Gasteiger partial charge on any atom is 0.125 e. The quantitative estimate of drug-likeness (QED) is 0.141. The Hall–Kier alpha value is -12.7. The van der Waals surface area contributed by atoms with Crippen LogP contribution in [0.4, 0.5) is 0 Å². The Morgan fingerprint density at radius 2 is 0.586 bits per heavy atom. The molecule has 0 radical (unpaired) electrons. The summed E-state index contributed by atoms with van der Waals surface area (Å²) in [6.45, 7) is 3.84. The van der Waals surface area contributed by atoms with Crippen LogP contribution in [-0.4, -0.2) is 46.1 Å². The van der Waals surface area contributed by atoms with Crippen molar-refractivity contribution in [3.05, 3.63) is 447 Å². The Kier molecular flexibility index (Phi) is 23.2. The number of rotatable bonds is 9. The Bertz CT molecular complexity index is 5940. The summed E-state index contributed by atoms with van der Waals surface area (Å²) in [6, 6.07) is 128. The Morgan fingerprint density at radius 3 is 1.02 bits per heavy atom. The SMILES string of the molecule is C.C.C.Cc1ccc2ccccc2c1C1=NCCc2ccccc21.Oc1ccc2ccccc2c1C1=NC(c2ccccc2)Cc2ccccc21.Oc1ccc2ccccc2c1C1=NCCc2ccccc21.c1ccc(C2Cc3ccccc3C(c3c(P(c4ccccc4)c4ccccc4)ccc4ccccc34)=N2)cc1. The van der Waals surface area contributed by atoms with Gasteiger partial charge in [0.1, 0.15) is 11.5 Å². The van der Waals surface area contributed by atoms with E-state index in [0.29, 0.717) is 5.75 Å². The molecule has 16 aromatic rings. The van der Waals surface area contributed by atoms with Crippen LogP contribution in [-0.2, 0) is 25.7 Å². The van der Waals surface area contributed by atoms with Crippen LogP contribution >= 0.6 is 7.92 Å². The van der Waals surface area contributed by atoms with E-state index in [1.165, 1.54) is 98.7 Å². The highest BCUT2D eigenvalue weighted by molar-refractivity contribution is 7.80. The Balaban J connectivity index is 0.000000126. The smallest absolute Gasteiger partial charge is 0.125 e. The maximum absolute atomic E-state index is 10.8. The molecule has 0 fully saturated rings. The van der Waals surface area contributed by atoms with Crippen molar-refractivity contribution in [3.63, 3.8) is 0 Å². The second-order valence-corrected chi connectivity index (χ2v) is 30.0. The number of phenols is 2. The van der Waals surface area contributed by atoms with Crippen LogP contribution in [0.5, 0.6) is 11.5 Å². The lowest BCUT2D eigenvalue weighted by Gasteiger charge is -2.28. The molecule has 111 heavy (non-hydrogen) atoms. The fraction of sp³-hybridized carbons (Fsp3) is 0.115. The van der Waals surface area contributed by atoms with Crippen molar-refractivity contribution in [2.45, 2.75) is 67.0 Å². The minimum atomic E-state index is -0.803. The molecule has 2 unspecified atom stereocenters. The van der Waals surface area contributed by atoms with Gasteiger partial charge in [0.15, 0.2) is 0 Å². The lowest BCUT2D eigenvalue weighted by atomic mass is 9.86. The molecular weight excluding hydrogens is 1370 g/mol. The fourth-order valence-corrected chi connectivity index (χ4v) is 18.5. The van der Waals surface area contributed by atoms with Crippen molar-refractivity contribution >= 4 is 89.8 Å². The Labute approximate surface area is 654 Å². The summed E-state index contributed by atoms with van der Waals surface area (Å²) in [4.78, 5) is 20.3. The molecule has 4 aliphatic heterocycles. The third kappa shape index (κ3) is 15.4. The van der Waals surface area contributed by atoms with Gasteiger partial charge in [0.2, 0.25) is 0 Å². The third-order valence-corrected chi connectivity index (χ3v) is 23.7. The van der Waals surface area contributed by atoms with Crippen molar-refractivity contribution in [2.75, 3.05) is 13.1 Å². The molecule has 4 heterocycles. The average molecular weight is 1460 g/mol. The number of hydrogen-bond acceptors (Lipinski definition) is 6. The second-order valence-electron chi connectivity index (χ2n) is 27.8. The monoisotopic (exact) mass is 1460 g/mol. The summed E-state index contributed by atoms with van der Waals surface area (Å²) in [6.07, 6.45) is 3.79. The number of benzene rings is 16. The van der Waals surface area contributed by atoms with Gasteiger partial charge in [-0.3, -0.25) is 20.0 Å². The molecule has 20 rings (SSSR count). The van der Waals surface area contributed by atoms with Gasteiger partial charge in [-0.2, -0.15) is 0 Å². The van der Waals surface area contributed by atoms with Gasteiger partial charge in [0.05, 0.1) is 34.9 Å². The number of aromatic hydroxyl groups is 2. The van der Waals surface area contributed by atoms with Crippen molar-refractivity contribution in [1.29, 1.82) is 0 Å². The van der Waals surface area contributed by atoms with E-state index in [2.05, 4.69) is 298 Å². The zero-order chi connectivity index (χ0) is 72.7. The first-order chi connectivity index (χ1) is 53.4. The van der Waals surface area contributed by atoms with E-state index >= 15 is 0 Å². The van der Waals surface area contributed by atoms with E-state index in [0.717, 1.165) is 105 Å². The summed E-state index contributed by atoms with van der Waals surface area (Å²) in [7, 11) is -0.803. The zero-order valence-electron chi connectivity index (χ0n) is 60.2. The molecule has 6 nitrogen and oxygen atoms in total. The highest BCUT2D eigenvalue weighted by Gasteiger charge is 2.31. The lowest BCUT2D eigenvalue weighted by molar-refractivity contribution is 0.474. The van der Waals surface area contributed by atoms with Gasteiger partial charge in [-0.25, -0.2) is 0 Å². The minimum Gasteiger partial charge on any atom is -0.507 e. The van der Waals surface area contributed by atoms with Gasteiger partial charge in [-0.1, -0.05) is 374 Å². The Morgan fingerprint density at radius 1 is 0.279 bits per heavy atom. The molecule has 4 aliphatic rings. The summed E-state index contributed by atoms with van der Waals surface area (Å²) < 4.78 is 0. The minimum absolute atomic E-state index is 0. The predicted molar refractivity (Wildman–Crippen MR) is 474 cm³/mol. The zero-order valence-corrected chi connectivity index (χ0v) is 61.1. The molecule has 544 valence electrons. The summed E-state index contributed by atoms with van der Waals surface area (Å²) in [5.41, 5.74) is 22.2. The summed E-state index contributed by atoms with van der Waals surface area (Å²) >= 11 is 0. The van der Waals surface area contributed by atoms with Crippen LogP contribution in [0.1, 0.15) is 118 Å². The molecule has 0 amide bonds. The largest absolute Gasteiger partial charge is 0.507 e. The van der Waals surface area contributed by atoms with E-state index in [9.17, 15) is 10.2 Å². The molecule has 2 atom stereocenters. The van der Waals surface area contributed by atoms with Crippen LogP contribution in [0.3, 0.4) is 0 Å². The fourth-order valence-electron chi connectivity index (χ4n) is 16.1. The van der Waals surface area contributed by atoms with E-state index in [1.54, 1.807) is 12.1 Å². The molecule has 0 saturated carbocycles. The van der Waals surface area contributed by atoms with E-state index in [1.807, 2.05) is 60.7 Å². The van der Waals surface area contributed by atoms with Gasteiger partial charge < -0.3 is 10.2 Å².